The zero-order chi connectivity index (χ0) is 11.8. The number of carbonyl (C=O) groups excluding carboxylic acids is 1. The second-order valence-corrected chi connectivity index (χ2v) is 5.62. The maximum Gasteiger partial charge on any atom is 0.252 e. The lowest BCUT2D eigenvalue weighted by Crippen LogP contribution is -2.50. The van der Waals surface area contributed by atoms with E-state index in [2.05, 4.69) is 6.92 Å². The van der Waals surface area contributed by atoms with E-state index in [-0.39, 0.29) is 11.3 Å². The second-order valence-electron chi connectivity index (χ2n) is 5.62. The van der Waals surface area contributed by atoms with Crippen molar-refractivity contribution in [2.24, 2.45) is 10.8 Å². The number of carbonyl (C=O) groups is 1. The largest absolute Gasteiger partial charge is 0.275 e. The van der Waals surface area contributed by atoms with E-state index in [9.17, 15) is 4.79 Å². The van der Waals surface area contributed by atoms with Crippen molar-refractivity contribution in [3.05, 3.63) is 0 Å². The second kappa shape index (κ2) is 4.02. The third kappa shape index (κ3) is 1.65. The van der Waals surface area contributed by atoms with Gasteiger partial charge >= 0.3 is 0 Å². The molecular weight excluding hydrogens is 202 g/mol. The fraction of sp³-hybridized carbons (Fsp3) is 0.923. The molecule has 0 saturated heterocycles. The highest BCUT2D eigenvalue weighted by Gasteiger charge is 2.52. The average Bonchev–Trinajstić information content (AvgIpc) is 2.39. The van der Waals surface area contributed by atoms with Gasteiger partial charge in [0, 0.05) is 7.05 Å². The third-order valence-corrected chi connectivity index (χ3v) is 5.17. The molecule has 2 bridgehead atoms. The van der Waals surface area contributed by atoms with Gasteiger partial charge in [0.15, 0.2) is 0 Å². The van der Waals surface area contributed by atoms with Gasteiger partial charge < -0.3 is 0 Å². The minimum Gasteiger partial charge on any atom is -0.275 e. The molecule has 3 rings (SSSR count). The van der Waals surface area contributed by atoms with Crippen LogP contribution in [0.5, 0.6) is 0 Å². The number of hydroxylamine groups is 2. The van der Waals surface area contributed by atoms with Crippen LogP contribution in [0.2, 0.25) is 0 Å². The monoisotopic (exact) mass is 225 g/mol. The van der Waals surface area contributed by atoms with Crippen LogP contribution in [0.25, 0.3) is 0 Å². The van der Waals surface area contributed by atoms with E-state index in [0.29, 0.717) is 5.41 Å². The van der Waals surface area contributed by atoms with Crippen LogP contribution in [-0.4, -0.2) is 25.1 Å². The molecule has 3 saturated carbocycles. The van der Waals surface area contributed by atoms with Gasteiger partial charge in [0.2, 0.25) is 0 Å². The van der Waals surface area contributed by atoms with Crippen molar-refractivity contribution in [1.29, 1.82) is 0 Å². The Balaban J connectivity index is 2.10. The molecule has 0 aromatic rings. The summed E-state index contributed by atoms with van der Waals surface area (Å²) in [6, 6.07) is 0. The fourth-order valence-electron chi connectivity index (χ4n) is 3.53. The van der Waals surface area contributed by atoms with E-state index >= 15 is 0 Å². The molecule has 0 spiro atoms. The molecule has 0 atom stereocenters. The number of hydrogen-bond donors (Lipinski definition) is 0. The first-order valence-corrected chi connectivity index (χ1v) is 6.40. The summed E-state index contributed by atoms with van der Waals surface area (Å²) >= 11 is 0. The van der Waals surface area contributed by atoms with Gasteiger partial charge in [-0.15, -0.1) is 0 Å². The van der Waals surface area contributed by atoms with Crippen LogP contribution < -0.4 is 0 Å². The Kier molecular flexibility index (Phi) is 2.99. The van der Waals surface area contributed by atoms with Gasteiger partial charge in [-0.2, -0.15) is 0 Å². The number of fused-ring (bicyclic) bond motifs is 3. The Morgan fingerprint density at radius 1 is 1.19 bits per heavy atom. The molecule has 3 nitrogen and oxygen atoms in total. The number of nitrogens with zero attached hydrogens (tertiary/aromatic N) is 1. The molecule has 3 heteroatoms. The predicted octanol–water partition coefficient (Wildman–Crippen LogP) is 2.76. The molecule has 1 amide bonds. The van der Waals surface area contributed by atoms with Crippen molar-refractivity contribution in [2.75, 3.05) is 14.2 Å². The lowest BCUT2D eigenvalue weighted by molar-refractivity contribution is -0.189. The number of amides is 1. The van der Waals surface area contributed by atoms with E-state index in [1.807, 2.05) is 0 Å². The van der Waals surface area contributed by atoms with E-state index in [1.165, 1.54) is 30.7 Å². The molecule has 0 radical (unpaired) electrons. The summed E-state index contributed by atoms with van der Waals surface area (Å²) in [5.41, 5.74) is 0.468. The normalized spacial score (nSPS) is 37.4. The van der Waals surface area contributed by atoms with Gasteiger partial charge in [-0.05, 0) is 43.9 Å². The zero-order valence-electron chi connectivity index (χ0n) is 10.7. The van der Waals surface area contributed by atoms with Gasteiger partial charge in [-0.3, -0.25) is 9.63 Å². The molecule has 0 aromatic carbocycles. The predicted molar refractivity (Wildman–Crippen MR) is 62.6 cm³/mol. The Bertz CT molecular complexity index is 263. The fourth-order valence-corrected chi connectivity index (χ4v) is 3.53. The molecule has 92 valence electrons. The summed E-state index contributed by atoms with van der Waals surface area (Å²) in [5, 5.41) is 1.42. The molecule has 0 N–H and O–H groups in total. The molecule has 3 aliphatic carbocycles. The van der Waals surface area contributed by atoms with Crippen LogP contribution in [0.4, 0.5) is 0 Å². The van der Waals surface area contributed by atoms with E-state index < -0.39 is 0 Å². The summed E-state index contributed by atoms with van der Waals surface area (Å²) in [4.78, 5) is 17.3. The van der Waals surface area contributed by atoms with Gasteiger partial charge in [0.1, 0.15) is 0 Å². The summed E-state index contributed by atoms with van der Waals surface area (Å²) in [6.07, 6.45) is 8.15. The minimum absolute atomic E-state index is 0.0956. The summed E-state index contributed by atoms with van der Waals surface area (Å²) < 4.78 is 0. The van der Waals surface area contributed by atoms with Crippen molar-refractivity contribution in [3.8, 4) is 0 Å². The van der Waals surface area contributed by atoms with Crippen LogP contribution >= 0.6 is 0 Å². The Morgan fingerprint density at radius 2 is 1.69 bits per heavy atom. The van der Waals surface area contributed by atoms with E-state index in [0.717, 1.165) is 19.3 Å². The van der Waals surface area contributed by atoms with Crippen LogP contribution in [0.15, 0.2) is 0 Å². The Hall–Kier alpha value is -0.570. The highest BCUT2D eigenvalue weighted by atomic mass is 16.7. The standard InChI is InChI=1S/C13H23NO2/c1-4-12-5-8-13(9-6-12,10-7-12)11(15)14(2)16-3/h4-10H2,1-3H3. The molecule has 0 aromatic heterocycles. The highest BCUT2D eigenvalue weighted by Crippen LogP contribution is 2.58. The quantitative estimate of drug-likeness (QED) is 0.691. The van der Waals surface area contributed by atoms with E-state index in [1.54, 1.807) is 14.2 Å². The molecule has 0 unspecified atom stereocenters. The zero-order valence-corrected chi connectivity index (χ0v) is 10.7. The molecule has 3 aliphatic rings. The SMILES string of the molecule is CCC12CCC(C(=O)N(C)OC)(CC1)CC2. The first kappa shape index (κ1) is 11.9. The first-order valence-electron chi connectivity index (χ1n) is 6.40. The average molecular weight is 225 g/mol. The topological polar surface area (TPSA) is 29.5 Å². The van der Waals surface area contributed by atoms with Gasteiger partial charge in [-0.25, -0.2) is 5.06 Å². The lowest BCUT2D eigenvalue weighted by Gasteiger charge is -2.52. The first-order chi connectivity index (χ1) is 7.57. The van der Waals surface area contributed by atoms with Gasteiger partial charge in [0.05, 0.1) is 12.5 Å². The highest BCUT2D eigenvalue weighted by molar-refractivity contribution is 5.82. The van der Waals surface area contributed by atoms with Crippen molar-refractivity contribution in [2.45, 2.75) is 51.9 Å². The third-order valence-electron chi connectivity index (χ3n) is 5.17. The van der Waals surface area contributed by atoms with Crippen molar-refractivity contribution in [1.82, 2.24) is 5.06 Å². The Morgan fingerprint density at radius 3 is 2.06 bits per heavy atom. The lowest BCUT2D eigenvalue weighted by atomic mass is 9.52. The van der Waals surface area contributed by atoms with Crippen LogP contribution in [0, 0.1) is 10.8 Å². The molecular formula is C13H23NO2. The van der Waals surface area contributed by atoms with Crippen molar-refractivity contribution >= 4 is 5.91 Å². The van der Waals surface area contributed by atoms with Crippen LogP contribution in [0.3, 0.4) is 0 Å². The maximum atomic E-state index is 12.3. The summed E-state index contributed by atoms with van der Waals surface area (Å²) in [5.74, 6) is 0.194. The van der Waals surface area contributed by atoms with E-state index in [4.69, 9.17) is 4.84 Å². The number of rotatable bonds is 3. The summed E-state index contributed by atoms with van der Waals surface area (Å²) in [7, 11) is 3.30. The smallest absolute Gasteiger partial charge is 0.252 e. The van der Waals surface area contributed by atoms with Gasteiger partial charge in [0.25, 0.3) is 5.91 Å². The molecule has 0 heterocycles. The van der Waals surface area contributed by atoms with Crippen molar-refractivity contribution in [3.63, 3.8) is 0 Å². The van der Waals surface area contributed by atoms with Crippen molar-refractivity contribution < 1.29 is 9.63 Å². The summed E-state index contributed by atoms with van der Waals surface area (Å²) in [6.45, 7) is 2.29. The number of hydrogen-bond acceptors (Lipinski definition) is 2. The molecule has 16 heavy (non-hydrogen) atoms. The van der Waals surface area contributed by atoms with Crippen LogP contribution in [0.1, 0.15) is 51.9 Å². The molecule has 3 fully saturated rings. The maximum absolute atomic E-state index is 12.3. The van der Waals surface area contributed by atoms with Crippen LogP contribution in [-0.2, 0) is 9.63 Å². The molecule has 0 aliphatic heterocycles. The Labute approximate surface area is 98.1 Å². The minimum atomic E-state index is -0.0956. The van der Waals surface area contributed by atoms with Gasteiger partial charge in [-0.1, -0.05) is 13.3 Å².